The molecule has 0 nitrogen and oxygen atoms in total. The maximum absolute atomic E-state index is 13.7. The molecule has 1 unspecified atom stereocenters. The fraction of sp³-hybridized carbons (Fsp3) is 0.269. The van der Waals surface area contributed by atoms with Gasteiger partial charge in [0, 0.05) is 0 Å². The Bertz CT molecular complexity index is 1110. The zero-order chi connectivity index (χ0) is 22.4. The van der Waals surface area contributed by atoms with Crippen LogP contribution in [0.1, 0.15) is 27.7 Å². The molecule has 0 radical (unpaired) electrons. The second kappa shape index (κ2) is 14.4. The molecule has 0 spiro atoms. The standard InChI is InChI=1S/C15H9F2.C9H13.C2H6Si.2ClH.Zr/c16-14-7-3-6-13(15(14)17)12-9-8-10-4-1-2-5-11(10)12;1-6-5-7(2)9(4)8(6)3;1-3-2;;;/h1-9H;6H,1-4H3;1-2H3;2*1H;/q2*-1;;;;+2. The molecule has 0 aliphatic heterocycles. The first kappa shape index (κ1) is 31.1. The molecular formula is C26H30Cl2F2SiZr. The van der Waals surface area contributed by atoms with E-state index >= 15 is 0 Å². The summed E-state index contributed by atoms with van der Waals surface area (Å²) in [5.41, 5.74) is 5.50. The van der Waals surface area contributed by atoms with Crippen molar-refractivity contribution < 1.29 is 32.1 Å². The molecule has 3 aromatic carbocycles. The first-order valence-electron chi connectivity index (χ1n) is 10.0. The Kier molecular flexibility index (Phi) is 13.9. The van der Waals surface area contributed by atoms with Gasteiger partial charge in [-0.05, 0) is 11.6 Å². The molecule has 0 fully saturated rings. The van der Waals surface area contributed by atoms with Crippen LogP contribution in [-0.2, 0) is 23.3 Å². The van der Waals surface area contributed by atoms with Crippen LogP contribution in [0.5, 0.6) is 0 Å². The molecule has 32 heavy (non-hydrogen) atoms. The Morgan fingerprint density at radius 3 is 2.03 bits per heavy atom. The van der Waals surface area contributed by atoms with Gasteiger partial charge in [-0.25, -0.2) is 14.4 Å². The van der Waals surface area contributed by atoms with Crippen molar-refractivity contribution in [3.05, 3.63) is 89.0 Å². The van der Waals surface area contributed by atoms with Gasteiger partial charge in [0.1, 0.15) is 0 Å². The predicted molar refractivity (Wildman–Crippen MR) is 137 cm³/mol. The number of fused-ring (bicyclic) bond motifs is 1. The fourth-order valence-corrected chi connectivity index (χ4v) is 3.26. The predicted octanol–water partition coefficient (Wildman–Crippen LogP) is 8.85. The summed E-state index contributed by atoms with van der Waals surface area (Å²) >= 11 is 1.74. The molecule has 0 bridgehead atoms. The van der Waals surface area contributed by atoms with E-state index in [1.807, 2.05) is 36.4 Å². The minimum Gasteiger partial charge on any atom is -0.204 e. The molecule has 4 rings (SSSR count). The summed E-state index contributed by atoms with van der Waals surface area (Å²) in [4.78, 5) is 0. The van der Waals surface area contributed by atoms with Crippen LogP contribution in [0.3, 0.4) is 0 Å². The fourth-order valence-electron chi connectivity index (χ4n) is 3.26. The third kappa shape index (κ3) is 8.13. The van der Waals surface area contributed by atoms with Crippen molar-refractivity contribution in [1.82, 2.24) is 0 Å². The summed E-state index contributed by atoms with van der Waals surface area (Å²) < 4.78 is 26.9. The van der Waals surface area contributed by atoms with E-state index < -0.39 is 11.6 Å². The normalized spacial score (nSPS) is 14.3. The SMILES string of the molecule is CC1=[C-]C(C)C(C)=C1C.C[Si](C)=[Zr+2].Cl.Cl.Fc1cccc(-c2c[cH-]c3ccccc23)c1F. The van der Waals surface area contributed by atoms with E-state index in [0.717, 1.165) is 22.4 Å². The molecule has 3 aromatic rings. The maximum atomic E-state index is 13.7. The van der Waals surface area contributed by atoms with Crippen molar-refractivity contribution in [2.24, 2.45) is 5.92 Å². The Balaban J connectivity index is 0.000000547. The minimum atomic E-state index is -0.812. The first-order valence-corrected chi connectivity index (χ1v) is 16.2. The van der Waals surface area contributed by atoms with Gasteiger partial charge in [-0.15, -0.1) is 78.4 Å². The molecule has 0 N–H and O–H groups in total. The van der Waals surface area contributed by atoms with Crippen molar-refractivity contribution in [3.8, 4) is 11.1 Å². The topological polar surface area (TPSA) is 0 Å². The van der Waals surface area contributed by atoms with Gasteiger partial charge in [0.2, 0.25) is 0 Å². The van der Waals surface area contributed by atoms with E-state index in [2.05, 4.69) is 46.9 Å². The van der Waals surface area contributed by atoms with Gasteiger partial charge in [0.05, 0.1) is 0 Å². The van der Waals surface area contributed by atoms with Crippen LogP contribution < -0.4 is 0 Å². The van der Waals surface area contributed by atoms with Gasteiger partial charge >= 0.3 is 41.9 Å². The largest absolute Gasteiger partial charge is 0.204 e. The molecule has 0 saturated heterocycles. The van der Waals surface area contributed by atoms with E-state index in [-0.39, 0.29) is 30.2 Å². The number of halogens is 4. The van der Waals surface area contributed by atoms with Gasteiger partial charge in [-0.1, -0.05) is 44.9 Å². The van der Waals surface area contributed by atoms with Gasteiger partial charge in [-0.2, -0.15) is 11.1 Å². The average Bonchev–Trinajstić information content (AvgIpc) is 3.21. The third-order valence-corrected chi connectivity index (χ3v) is 5.16. The zero-order valence-electron chi connectivity index (χ0n) is 19.3. The monoisotopic (exact) mass is 568 g/mol. The molecule has 1 aliphatic carbocycles. The summed E-state index contributed by atoms with van der Waals surface area (Å²) in [6, 6.07) is 15.7. The molecule has 0 heterocycles. The summed E-state index contributed by atoms with van der Waals surface area (Å²) in [5, 5.41) is 1.98. The summed E-state index contributed by atoms with van der Waals surface area (Å²) in [6.07, 6.45) is 3.36. The number of rotatable bonds is 1. The van der Waals surface area contributed by atoms with Gasteiger partial charge < -0.3 is 0 Å². The first-order chi connectivity index (χ1) is 14.1. The van der Waals surface area contributed by atoms with Crippen molar-refractivity contribution >= 4 is 41.0 Å². The van der Waals surface area contributed by atoms with E-state index in [0.29, 0.717) is 11.5 Å². The van der Waals surface area contributed by atoms with Gasteiger partial charge in [0.25, 0.3) is 0 Å². The molecule has 6 heteroatoms. The summed E-state index contributed by atoms with van der Waals surface area (Å²) in [5.74, 6) is -1.04. The van der Waals surface area contributed by atoms with Crippen molar-refractivity contribution in [3.63, 3.8) is 0 Å². The molecule has 0 aromatic heterocycles. The number of benzene rings is 2. The van der Waals surface area contributed by atoms with Crippen LogP contribution in [0.2, 0.25) is 13.1 Å². The van der Waals surface area contributed by atoms with Crippen LogP contribution in [0.15, 0.2) is 71.3 Å². The van der Waals surface area contributed by atoms with Crippen LogP contribution >= 0.6 is 24.8 Å². The second-order valence-electron chi connectivity index (χ2n) is 7.73. The van der Waals surface area contributed by atoms with E-state index in [4.69, 9.17) is 0 Å². The van der Waals surface area contributed by atoms with Crippen LogP contribution in [0, 0.1) is 23.6 Å². The smallest absolute Gasteiger partial charge is 0.158 e. The van der Waals surface area contributed by atoms with Crippen molar-refractivity contribution in [2.45, 2.75) is 40.8 Å². The quantitative estimate of drug-likeness (QED) is 0.203. The molecular weight excluding hydrogens is 540 g/mol. The molecule has 0 saturated carbocycles. The van der Waals surface area contributed by atoms with E-state index in [1.165, 1.54) is 22.8 Å². The number of hydrogen-bond acceptors (Lipinski definition) is 0. The Hall–Kier alpha value is -0.930. The van der Waals surface area contributed by atoms with Gasteiger partial charge in [-0.3, -0.25) is 6.08 Å². The summed E-state index contributed by atoms with van der Waals surface area (Å²) in [7, 11) is 0. The Labute approximate surface area is 218 Å². The van der Waals surface area contributed by atoms with Crippen LogP contribution in [-0.4, -0.2) is 5.43 Å². The second-order valence-corrected chi connectivity index (χ2v) is 17.1. The van der Waals surface area contributed by atoms with Crippen LogP contribution in [0.25, 0.3) is 21.9 Å². The molecule has 170 valence electrons. The van der Waals surface area contributed by atoms with Crippen molar-refractivity contribution in [2.75, 3.05) is 0 Å². The zero-order valence-corrected chi connectivity index (χ0v) is 24.4. The molecule has 1 aliphatic rings. The number of hydrogen-bond donors (Lipinski definition) is 0. The third-order valence-electron chi connectivity index (χ3n) is 5.16. The minimum absolute atomic E-state index is 0. The van der Waals surface area contributed by atoms with Crippen molar-refractivity contribution in [1.29, 1.82) is 0 Å². The average molecular weight is 571 g/mol. The maximum Gasteiger partial charge on any atom is 0.158 e. The molecule has 0 amide bonds. The Morgan fingerprint density at radius 2 is 1.53 bits per heavy atom. The van der Waals surface area contributed by atoms with E-state index in [9.17, 15) is 8.78 Å². The Morgan fingerprint density at radius 1 is 0.938 bits per heavy atom. The molecule has 1 atom stereocenters. The van der Waals surface area contributed by atoms with E-state index in [1.54, 1.807) is 29.4 Å². The van der Waals surface area contributed by atoms with Gasteiger partial charge in [0.15, 0.2) is 11.6 Å². The van der Waals surface area contributed by atoms with Crippen LogP contribution in [0.4, 0.5) is 8.78 Å². The number of allylic oxidation sites excluding steroid dienone is 4. The summed E-state index contributed by atoms with van der Waals surface area (Å²) in [6.45, 7) is 13.3.